The minimum absolute atomic E-state index is 0.572. The number of nitrogens with zero attached hydrogens (tertiary/aromatic N) is 3. The zero-order chi connectivity index (χ0) is 13.8. The minimum Gasteiger partial charge on any atom is -0.354 e. The maximum absolute atomic E-state index is 5.61. The predicted octanol–water partition coefficient (Wildman–Crippen LogP) is 1.85. The molecule has 110 valence electrons. The average molecular weight is 274 g/mol. The zero-order valence-corrected chi connectivity index (χ0v) is 12.3. The molecule has 1 aromatic heterocycles. The van der Waals surface area contributed by atoms with E-state index in [0.717, 1.165) is 30.4 Å². The third-order valence-corrected chi connectivity index (χ3v) is 4.73. The third-order valence-electron chi connectivity index (χ3n) is 4.73. The lowest BCUT2D eigenvalue weighted by atomic mass is 10.1. The van der Waals surface area contributed by atoms with Crippen LogP contribution in [0, 0.1) is 5.92 Å². The first-order valence-corrected chi connectivity index (χ1v) is 7.97. The Morgan fingerprint density at radius 2 is 1.85 bits per heavy atom. The molecule has 0 atom stereocenters. The van der Waals surface area contributed by atoms with Crippen molar-refractivity contribution >= 4 is 5.82 Å². The first kappa shape index (κ1) is 13.8. The van der Waals surface area contributed by atoms with Crippen molar-refractivity contribution in [2.75, 3.05) is 37.6 Å². The number of anilines is 1. The monoisotopic (exact) mass is 274 g/mol. The summed E-state index contributed by atoms with van der Waals surface area (Å²) in [6.07, 6.45) is 7.69. The molecule has 1 aliphatic carbocycles. The van der Waals surface area contributed by atoms with Crippen LogP contribution in [0.3, 0.4) is 0 Å². The van der Waals surface area contributed by atoms with E-state index in [4.69, 9.17) is 5.73 Å². The van der Waals surface area contributed by atoms with Gasteiger partial charge in [-0.05, 0) is 30.4 Å². The summed E-state index contributed by atoms with van der Waals surface area (Å²) in [5.74, 6) is 2.06. The second kappa shape index (κ2) is 6.55. The summed E-state index contributed by atoms with van der Waals surface area (Å²) in [7, 11) is 0. The van der Waals surface area contributed by atoms with Crippen molar-refractivity contribution in [1.82, 2.24) is 9.88 Å². The Morgan fingerprint density at radius 1 is 1.10 bits per heavy atom. The average Bonchev–Trinajstić information content (AvgIpc) is 3.01. The van der Waals surface area contributed by atoms with Gasteiger partial charge < -0.3 is 10.6 Å². The first-order chi connectivity index (χ1) is 9.85. The SMILES string of the molecule is NCc1ccc(N2CCN(CC3CCCC3)CC2)nc1. The van der Waals surface area contributed by atoms with Crippen LogP contribution in [0.1, 0.15) is 31.2 Å². The molecule has 1 saturated heterocycles. The van der Waals surface area contributed by atoms with Crippen molar-refractivity contribution in [3.63, 3.8) is 0 Å². The van der Waals surface area contributed by atoms with Crippen LogP contribution in [-0.2, 0) is 6.54 Å². The molecule has 2 fully saturated rings. The lowest BCUT2D eigenvalue weighted by Crippen LogP contribution is -2.47. The van der Waals surface area contributed by atoms with Gasteiger partial charge >= 0.3 is 0 Å². The molecule has 2 N–H and O–H groups in total. The fourth-order valence-electron chi connectivity index (χ4n) is 3.44. The van der Waals surface area contributed by atoms with E-state index in [1.807, 2.05) is 6.20 Å². The highest BCUT2D eigenvalue weighted by Gasteiger charge is 2.22. The van der Waals surface area contributed by atoms with Crippen molar-refractivity contribution in [3.8, 4) is 0 Å². The van der Waals surface area contributed by atoms with E-state index in [1.54, 1.807) is 0 Å². The summed E-state index contributed by atoms with van der Waals surface area (Å²) in [5.41, 5.74) is 6.72. The van der Waals surface area contributed by atoms with Crippen LogP contribution in [0.2, 0.25) is 0 Å². The zero-order valence-electron chi connectivity index (χ0n) is 12.3. The van der Waals surface area contributed by atoms with E-state index in [9.17, 15) is 0 Å². The topological polar surface area (TPSA) is 45.4 Å². The molecule has 2 heterocycles. The van der Waals surface area contributed by atoms with E-state index in [1.165, 1.54) is 45.3 Å². The second-order valence-corrected chi connectivity index (χ2v) is 6.17. The van der Waals surface area contributed by atoms with E-state index in [-0.39, 0.29) is 0 Å². The number of pyridine rings is 1. The maximum Gasteiger partial charge on any atom is 0.128 e. The number of rotatable bonds is 4. The van der Waals surface area contributed by atoms with Crippen LogP contribution in [0.5, 0.6) is 0 Å². The molecule has 4 nitrogen and oxygen atoms in total. The second-order valence-electron chi connectivity index (χ2n) is 6.17. The molecular weight excluding hydrogens is 248 g/mol. The fraction of sp³-hybridized carbons (Fsp3) is 0.688. The molecule has 3 rings (SSSR count). The Labute approximate surface area is 122 Å². The molecule has 0 bridgehead atoms. The van der Waals surface area contributed by atoms with Crippen LogP contribution in [-0.4, -0.2) is 42.6 Å². The minimum atomic E-state index is 0.572. The first-order valence-electron chi connectivity index (χ1n) is 7.97. The Morgan fingerprint density at radius 3 is 2.45 bits per heavy atom. The number of hydrogen-bond acceptors (Lipinski definition) is 4. The molecule has 2 aliphatic rings. The lowest BCUT2D eigenvalue weighted by molar-refractivity contribution is 0.219. The Bertz CT molecular complexity index is 403. The van der Waals surface area contributed by atoms with Gasteiger partial charge in [0.15, 0.2) is 0 Å². The van der Waals surface area contributed by atoms with Gasteiger partial charge in [-0.1, -0.05) is 18.9 Å². The van der Waals surface area contributed by atoms with Gasteiger partial charge in [0.1, 0.15) is 5.82 Å². The number of nitrogens with two attached hydrogens (primary N) is 1. The highest BCUT2D eigenvalue weighted by Crippen LogP contribution is 2.26. The summed E-state index contributed by atoms with van der Waals surface area (Å²) >= 11 is 0. The summed E-state index contributed by atoms with van der Waals surface area (Å²) in [4.78, 5) is 9.56. The van der Waals surface area contributed by atoms with Crippen LogP contribution in [0.4, 0.5) is 5.82 Å². The Balaban J connectivity index is 1.49. The molecule has 0 radical (unpaired) electrons. The van der Waals surface area contributed by atoms with E-state index >= 15 is 0 Å². The summed E-state index contributed by atoms with van der Waals surface area (Å²) < 4.78 is 0. The van der Waals surface area contributed by atoms with E-state index < -0.39 is 0 Å². The van der Waals surface area contributed by atoms with Gasteiger partial charge in [0, 0.05) is 45.5 Å². The number of hydrogen-bond donors (Lipinski definition) is 1. The van der Waals surface area contributed by atoms with Crippen molar-refractivity contribution in [2.24, 2.45) is 11.7 Å². The molecule has 1 saturated carbocycles. The van der Waals surface area contributed by atoms with Crippen molar-refractivity contribution in [2.45, 2.75) is 32.2 Å². The predicted molar refractivity (Wildman–Crippen MR) is 82.7 cm³/mol. The summed E-state index contributed by atoms with van der Waals surface area (Å²) in [5, 5.41) is 0. The normalized spacial score (nSPS) is 21.6. The molecule has 4 heteroatoms. The van der Waals surface area contributed by atoms with Crippen LogP contribution >= 0.6 is 0 Å². The van der Waals surface area contributed by atoms with Gasteiger partial charge in [0.2, 0.25) is 0 Å². The van der Waals surface area contributed by atoms with Gasteiger partial charge in [-0.3, -0.25) is 4.90 Å². The van der Waals surface area contributed by atoms with Crippen LogP contribution < -0.4 is 10.6 Å². The Kier molecular flexibility index (Phi) is 4.53. The van der Waals surface area contributed by atoms with E-state index in [0.29, 0.717) is 6.54 Å². The van der Waals surface area contributed by atoms with Crippen LogP contribution in [0.15, 0.2) is 18.3 Å². The van der Waals surface area contributed by atoms with Crippen molar-refractivity contribution < 1.29 is 0 Å². The number of piperazine rings is 1. The molecular formula is C16H26N4. The van der Waals surface area contributed by atoms with E-state index in [2.05, 4.69) is 26.9 Å². The largest absolute Gasteiger partial charge is 0.354 e. The van der Waals surface area contributed by atoms with Crippen molar-refractivity contribution in [1.29, 1.82) is 0 Å². The van der Waals surface area contributed by atoms with Gasteiger partial charge in [-0.15, -0.1) is 0 Å². The lowest BCUT2D eigenvalue weighted by Gasteiger charge is -2.36. The molecule has 0 amide bonds. The van der Waals surface area contributed by atoms with Gasteiger partial charge in [0.25, 0.3) is 0 Å². The van der Waals surface area contributed by atoms with Gasteiger partial charge in [0.05, 0.1) is 0 Å². The van der Waals surface area contributed by atoms with Gasteiger partial charge in [-0.2, -0.15) is 0 Å². The fourth-order valence-corrected chi connectivity index (χ4v) is 3.44. The smallest absolute Gasteiger partial charge is 0.128 e. The Hall–Kier alpha value is -1.13. The molecule has 0 unspecified atom stereocenters. The quantitative estimate of drug-likeness (QED) is 0.910. The highest BCUT2D eigenvalue weighted by molar-refractivity contribution is 5.39. The van der Waals surface area contributed by atoms with Crippen LogP contribution in [0.25, 0.3) is 0 Å². The summed E-state index contributed by atoms with van der Waals surface area (Å²) in [6, 6.07) is 4.20. The molecule has 0 spiro atoms. The molecule has 1 aromatic rings. The highest BCUT2D eigenvalue weighted by atomic mass is 15.3. The molecule has 20 heavy (non-hydrogen) atoms. The molecule has 1 aliphatic heterocycles. The standard InChI is InChI=1S/C16H26N4/c17-11-15-5-6-16(18-12-15)20-9-7-19(8-10-20)13-14-3-1-2-4-14/h5-6,12,14H,1-4,7-11,13,17H2. The summed E-state index contributed by atoms with van der Waals surface area (Å²) in [6.45, 7) is 6.44. The van der Waals surface area contributed by atoms with Gasteiger partial charge in [-0.25, -0.2) is 4.98 Å². The molecule has 0 aromatic carbocycles. The van der Waals surface area contributed by atoms with Crippen molar-refractivity contribution in [3.05, 3.63) is 23.9 Å². The maximum atomic E-state index is 5.61. The third kappa shape index (κ3) is 3.30. The number of aromatic nitrogens is 1.